The maximum atomic E-state index is 11.4. The van der Waals surface area contributed by atoms with Gasteiger partial charge in [0.1, 0.15) is 17.1 Å². The van der Waals surface area contributed by atoms with Gasteiger partial charge in [-0.3, -0.25) is 0 Å². The topological polar surface area (TPSA) is 65.5 Å². The number of rotatable bonds is 2. The molecule has 0 saturated heterocycles. The summed E-state index contributed by atoms with van der Waals surface area (Å²) in [7, 11) is 0. The molecule has 0 bridgehead atoms. The molecule has 0 spiro atoms. The normalized spacial score (nSPS) is 10.8. The molecule has 4 nitrogen and oxygen atoms in total. The Morgan fingerprint density at radius 1 is 1.14 bits per heavy atom. The average molecular weight is 302 g/mol. The van der Waals surface area contributed by atoms with Crippen LogP contribution in [0.3, 0.4) is 0 Å². The van der Waals surface area contributed by atoms with E-state index in [0.717, 1.165) is 10.9 Å². The molecular formula is C16H12ClNO3. The number of ether oxygens (including phenoxy) is 1. The van der Waals surface area contributed by atoms with Crippen LogP contribution in [0, 0.1) is 6.92 Å². The molecule has 0 unspecified atom stereocenters. The highest BCUT2D eigenvalue weighted by atomic mass is 35.5. The van der Waals surface area contributed by atoms with Crippen LogP contribution >= 0.6 is 11.6 Å². The summed E-state index contributed by atoms with van der Waals surface area (Å²) in [5.74, 6) is 1.03. The van der Waals surface area contributed by atoms with E-state index in [1.165, 1.54) is 6.07 Å². The summed E-state index contributed by atoms with van der Waals surface area (Å²) in [6.07, 6.45) is 0. The first-order valence-electron chi connectivity index (χ1n) is 6.30. The van der Waals surface area contributed by atoms with E-state index in [0.29, 0.717) is 27.8 Å². The fourth-order valence-corrected chi connectivity index (χ4v) is 2.29. The van der Waals surface area contributed by atoms with E-state index < -0.39 is 0 Å². The number of nitrogens with two attached hydrogens (primary N) is 1. The van der Waals surface area contributed by atoms with Gasteiger partial charge in [-0.25, -0.2) is 4.79 Å². The third-order valence-electron chi connectivity index (χ3n) is 3.12. The lowest BCUT2D eigenvalue weighted by Crippen LogP contribution is -1.98. The zero-order valence-electron chi connectivity index (χ0n) is 11.2. The summed E-state index contributed by atoms with van der Waals surface area (Å²) < 4.78 is 10.9. The predicted molar refractivity (Wildman–Crippen MR) is 83.2 cm³/mol. The lowest BCUT2D eigenvalue weighted by molar-refractivity contribution is 0.482. The molecule has 3 aromatic rings. The first-order chi connectivity index (χ1) is 10.0. The van der Waals surface area contributed by atoms with Gasteiger partial charge in [0.2, 0.25) is 0 Å². The van der Waals surface area contributed by atoms with Gasteiger partial charge in [-0.15, -0.1) is 0 Å². The number of halogens is 1. The fourth-order valence-electron chi connectivity index (χ4n) is 2.11. The van der Waals surface area contributed by atoms with Crippen LogP contribution in [0.25, 0.3) is 11.0 Å². The zero-order valence-corrected chi connectivity index (χ0v) is 12.0. The third kappa shape index (κ3) is 2.71. The van der Waals surface area contributed by atoms with Crippen LogP contribution in [-0.2, 0) is 0 Å². The second-order valence-electron chi connectivity index (χ2n) is 4.69. The van der Waals surface area contributed by atoms with Gasteiger partial charge in [0, 0.05) is 22.5 Å². The Morgan fingerprint density at radius 3 is 2.71 bits per heavy atom. The molecule has 0 aliphatic heterocycles. The number of hydrogen-bond donors (Lipinski definition) is 1. The van der Waals surface area contributed by atoms with Crippen LogP contribution in [-0.4, -0.2) is 0 Å². The van der Waals surface area contributed by atoms with Gasteiger partial charge in [-0.05, 0) is 42.8 Å². The highest BCUT2D eigenvalue weighted by molar-refractivity contribution is 6.30. The van der Waals surface area contributed by atoms with Gasteiger partial charge in [0.25, 0.3) is 0 Å². The molecule has 1 aromatic heterocycles. The van der Waals surface area contributed by atoms with Crippen molar-refractivity contribution in [3.8, 4) is 11.5 Å². The maximum absolute atomic E-state index is 11.4. The van der Waals surface area contributed by atoms with Crippen molar-refractivity contribution in [3.05, 3.63) is 63.5 Å². The molecule has 0 aliphatic carbocycles. The second-order valence-corrected chi connectivity index (χ2v) is 5.13. The summed E-state index contributed by atoms with van der Waals surface area (Å²) in [4.78, 5) is 11.4. The minimum absolute atomic E-state index is 0.386. The van der Waals surface area contributed by atoms with Crippen molar-refractivity contribution in [3.63, 3.8) is 0 Å². The van der Waals surface area contributed by atoms with Crippen molar-refractivity contribution in [2.45, 2.75) is 6.92 Å². The first kappa shape index (κ1) is 13.5. The SMILES string of the molecule is Cc1cc(=O)oc2cc(Oc3ccc(Cl)cc3N)ccc12. The lowest BCUT2D eigenvalue weighted by Gasteiger charge is -2.09. The zero-order chi connectivity index (χ0) is 15.0. The van der Waals surface area contributed by atoms with Gasteiger partial charge in [-0.2, -0.15) is 0 Å². The summed E-state index contributed by atoms with van der Waals surface area (Å²) in [5, 5.41) is 1.41. The van der Waals surface area contributed by atoms with Crippen LogP contribution in [0.5, 0.6) is 11.5 Å². The fraction of sp³-hybridized carbons (Fsp3) is 0.0625. The number of benzene rings is 2. The van der Waals surface area contributed by atoms with Crippen LogP contribution in [0.15, 0.2) is 51.7 Å². The van der Waals surface area contributed by atoms with E-state index in [-0.39, 0.29) is 5.63 Å². The number of fused-ring (bicyclic) bond motifs is 1. The third-order valence-corrected chi connectivity index (χ3v) is 3.36. The summed E-state index contributed by atoms with van der Waals surface area (Å²) in [6, 6.07) is 11.8. The summed E-state index contributed by atoms with van der Waals surface area (Å²) >= 11 is 5.85. The number of hydrogen-bond acceptors (Lipinski definition) is 4. The van der Waals surface area contributed by atoms with E-state index in [1.54, 1.807) is 30.3 Å². The van der Waals surface area contributed by atoms with E-state index in [9.17, 15) is 4.79 Å². The predicted octanol–water partition coefficient (Wildman–Crippen LogP) is 4.13. The first-order valence-corrected chi connectivity index (χ1v) is 6.68. The van der Waals surface area contributed by atoms with Crippen molar-refractivity contribution < 1.29 is 9.15 Å². The van der Waals surface area contributed by atoms with Crippen molar-refractivity contribution in [2.24, 2.45) is 0 Å². The summed E-state index contributed by atoms with van der Waals surface area (Å²) in [6.45, 7) is 1.86. The Balaban J connectivity index is 2.03. The average Bonchev–Trinajstić information content (AvgIpc) is 2.41. The molecule has 21 heavy (non-hydrogen) atoms. The molecule has 0 aliphatic rings. The number of nitrogen functional groups attached to an aromatic ring is 1. The van der Waals surface area contributed by atoms with Gasteiger partial charge in [0.15, 0.2) is 0 Å². The van der Waals surface area contributed by atoms with Crippen molar-refractivity contribution in [1.82, 2.24) is 0 Å². The molecule has 0 fully saturated rings. The molecule has 2 aromatic carbocycles. The van der Waals surface area contributed by atoms with Gasteiger partial charge in [0.05, 0.1) is 5.69 Å². The van der Waals surface area contributed by atoms with Crippen molar-refractivity contribution in [2.75, 3.05) is 5.73 Å². The molecule has 106 valence electrons. The Bertz CT molecular complexity index is 886. The molecule has 0 saturated carbocycles. The number of anilines is 1. The summed E-state index contributed by atoms with van der Waals surface area (Å²) in [5.41, 5.74) is 7.24. The Labute approximate surface area is 125 Å². The molecule has 0 atom stereocenters. The maximum Gasteiger partial charge on any atom is 0.336 e. The monoisotopic (exact) mass is 301 g/mol. The second kappa shape index (κ2) is 5.14. The van der Waals surface area contributed by atoms with E-state index in [1.807, 2.05) is 13.0 Å². The minimum atomic E-state index is -0.386. The molecule has 0 amide bonds. The Kier molecular flexibility index (Phi) is 3.31. The van der Waals surface area contributed by atoms with Gasteiger partial charge in [-0.1, -0.05) is 11.6 Å². The highest BCUT2D eigenvalue weighted by Gasteiger charge is 2.07. The van der Waals surface area contributed by atoms with E-state index >= 15 is 0 Å². The molecule has 2 N–H and O–H groups in total. The quantitative estimate of drug-likeness (QED) is 0.571. The molecule has 1 heterocycles. The highest BCUT2D eigenvalue weighted by Crippen LogP contribution is 2.31. The lowest BCUT2D eigenvalue weighted by atomic mass is 10.1. The standard InChI is InChI=1S/C16H12ClNO3/c1-9-6-16(19)21-15-8-11(3-4-12(9)15)20-14-5-2-10(17)7-13(14)18/h2-8H,18H2,1H3. The van der Waals surface area contributed by atoms with Crippen LogP contribution in [0.4, 0.5) is 5.69 Å². The van der Waals surface area contributed by atoms with Crippen LogP contribution in [0.1, 0.15) is 5.56 Å². The largest absolute Gasteiger partial charge is 0.455 e. The Hall–Kier alpha value is -2.46. The molecule has 5 heteroatoms. The van der Waals surface area contributed by atoms with Crippen molar-refractivity contribution in [1.29, 1.82) is 0 Å². The number of aryl methyl sites for hydroxylation is 1. The molecule has 3 rings (SSSR count). The van der Waals surface area contributed by atoms with Crippen molar-refractivity contribution >= 4 is 28.3 Å². The molecule has 0 radical (unpaired) electrons. The van der Waals surface area contributed by atoms with Crippen LogP contribution in [0.2, 0.25) is 5.02 Å². The minimum Gasteiger partial charge on any atom is -0.455 e. The van der Waals surface area contributed by atoms with Gasteiger partial charge < -0.3 is 14.9 Å². The smallest absolute Gasteiger partial charge is 0.336 e. The van der Waals surface area contributed by atoms with E-state index in [2.05, 4.69) is 0 Å². The Morgan fingerprint density at radius 2 is 1.95 bits per heavy atom. The van der Waals surface area contributed by atoms with Gasteiger partial charge >= 0.3 is 5.63 Å². The molecular weight excluding hydrogens is 290 g/mol. The van der Waals surface area contributed by atoms with E-state index in [4.69, 9.17) is 26.5 Å². The van der Waals surface area contributed by atoms with Crippen LogP contribution < -0.4 is 16.1 Å².